The van der Waals surface area contributed by atoms with E-state index in [1.54, 1.807) is 0 Å². The van der Waals surface area contributed by atoms with E-state index in [0.29, 0.717) is 10.8 Å². The molecule has 0 unspecified atom stereocenters. The van der Waals surface area contributed by atoms with E-state index in [9.17, 15) is 5.11 Å². The molecule has 0 amide bonds. The molecule has 4 aliphatic rings. The highest BCUT2D eigenvalue weighted by atomic mass is 16.3. The van der Waals surface area contributed by atoms with Gasteiger partial charge in [0.2, 0.25) is 0 Å². The van der Waals surface area contributed by atoms with Gasteiger partial charge in [0.15, 0.2) is 0 Å². The van der Waals surface area contributed by atoms with Crippen LogP contribution in [0.5, 0.6) is 0 Å². The first kappa shape index (κ1) is 21.1. The largest absolute Gasteiger partial charge is 0.393 e. The van der Waals surface area contributed by atoms with Crippen molar-refractivity contribution in [2.24, 2.45) is 34.5 Å². The highest BCUT2D eigenvalue weighted by Crippen LogP contribution is 2.66. The fourth-order valence-corrected chi connectivity index (χ4v) is 8.51. The van der Waals surface area contributed by atoms with Gasteiger partial charge in [-0.25, -0.2) is 0 Å². The number of aliphatic hydroxyl groups is 1. The quantitative estimate of drug-likeness (QED) is 0.690. The van der Waals surface area contributed by atoms with Gasteiger partial charge >= 0.3 is 0 Å². The molecule has 8 atom stereocenters. The number of likely N-dealkylation sites (N-methyl/N-ethyl adjacent to an activating group) is 1. The van der Waals surface area contributed by atoms with E-state index in [1.165, 1.54) is 64.6 Å². The smallest absolute Gasteiger partial charge is 0.0543 e. The summed E-state index contributed by atoms with van der Waals surface area (Å²) in [5, 5.41) is 14.2. The van der Waals surface area contributed by atoms with Gasteiger partial charge in [0, 0.05) is 19.1 Å². The number of hydrogen-bond donors (Lipinski definition) is 2. The van der Waals surface area contributed by atoms with E-state index < -0.39 is 0 Å². The molecule has 0 aromatic carbocycles. The SMILES string of the molecule is CCN(CC)CCN[C@H]1CC[C@H]2[C@@H]3CC[C@H]4C[C@@H](O)CC[C@]4(C)[C@H]3CC[C@]12C. The van der Waals surface area contributed by atoms with E-state index in [4.69, 9.17) is 0 Å². The molecule has 0 aliphatic heterocycles. The van der Waals surface area contributed by atoms with E-state index in [1.807, 2.05) is 0 Å². The molecule has 0 radical (unpaired) electrons. The lowest BCUT2D eigenvalue weighted by molar-refractivity contribution is -0.123. The Kier molecular flexibility index (Phi) is 6.18. The average Bonchev–Trinajstić information content (AvgIpc) is 3.02. The molecule has 0 aromatic heterocycles. The lowest BCUT2D eigenvalue weighted by Gasteiger charge is -2.61. The molecule has 4 aliphatic carbocycles. The van der Waals surface area contributed by atoms with E-state index in [2.05, 4.69) is 37.9 Å². The second kappa shape index (κ2) is 8.19. The predicted molar refractivity (Wildman–Crippen MR) is 117 cm³/mol. The molecule has 0 heterocycles. The number of hydrogen-bond acceptors (Lipinski definition) is 3. The predicted octanol–water partition coefficient (Wildman–Crippen LogP) is 4.69. The van der Waals surface area contributed by atoms with E-state index in [0.717, 1.165) is 49.1 Å². The highest BCUT2D eigenvalue weighted by molar-refractivity contribution is 5.10. The highest BCUT2D eigenvalue weighted by Gasteiger charge is 2.59. The molecular formula is C25H46N2O. The van der Waals surface area contributed by atoms with Gasteiger partial charge in [-0.05, 0) is 105 Å². The van der Waals surface area contributed by atoms with Gasteiger partial charge in [0.25, 0.3) is 0 Å². The Bertz CT molecular complexity index is 535. The summed E-state index contributed by atoms with van der Waals surface area (Å²) in [6.07, 6.45) is 11.9. The topological polar surface area (TPSA) is 35.5 Å². The van der Waals surface area contributed by atoms with Crippen molar-refractivity contribution in [1.29, 1.82) is 0 Å². The molecule has 4 rings (SSSR count). The van der Waals surface area contributed by atoms with Gasteiger partial charge in [-0.15, -0.1) is 0 Å². The lowest BCUT2D eigenvalue weighted by Crippen LogP contribution is -2.56. The Morgan fingerprint density at radius 1 is 0.893 bits per heavy atom. The van der Waals surface area contributed by atoms with Crippen LogP contribution in [-0.2, 0) is 0 Å². The second-order valence-corrected chi connectivity index (χ2v) is 11.2. The zero-order valence-corrected chi connectivity index (χ0v) is 19.1. The molecule has 0 saturated heterocycles. The van der Waals surface area contributed by atoms with E-state index in [-0.39, 0.29) is 6.10 Å². The zero-order valence-electron chi connectivity index (χ0n) is 19.1. The van der Waals surface area contributed by atoms with Crippen molar-refractivity contribution in [3.63, 3.8) is 0 Å². The second-order valence-electron chi connectivity index (χ2n) is 11.2. The van der Waals surface area contributed by atoms with Crippen LogP contribution in [0.4, 0.5) is 0 Å². The molecule has 0 bridgehead atoms. The maximum atomic E-state index is 10.2. The molecule has 0 aromatic rings. The molecule has 0 spiro atoms. The third-order valence-electron chi connectivity index (χ3n) is 10.4. The first-order valence-electron chi connectivity index (χ1n) is 12.6. The minimum atomic E-state index is -0.0191. The van der Waals surface area contributed by atoms with Crippen LogP contribution in [0.15, 0.2) is 0 Å². The maximum absolute atomic E-state index is 10.2. The van der Waals surface area contributed by atoms with Crippen LogP contribution in [0, 0.1) is 34.5 Å². The Balaban J connectivity index is 1.42. The van der Waals surface area contributed by atoms with Gasteiger partial charge in [0.1, 0.15) is 0 Å². The summed E-state index contributed by atoms with van der Waals surface area (Å²) in [6.45, 7) is 14.5. The van der Waals surface area contributed by atoms with Gasteiger partial charge in [-0.1, -0.05) is 27.7 Å². The molecule has 3 heteroatoms. The summed E-state index contributed by atoms with van der Waals surface area (Å²) in [7, 11) is 0. The van der Waals surface area contributed by atoms with Crippen LogP contribution in [0.25, 0.3) is 0 Å². The number of aliphatic hydroxyl groups excluding tert-OH is 1. The Hall–Kier alpha value is -0.120. The first-order chi connectivity index (χ1) is 13.4. The van der Waals surface area contributed by atoms with Crippen molar-refractivity contribution in [2.45, 2.75) is 97.6 Å². The van der Waals surface area contributed by atoms with Crippen molar-refractivity contribution in [2.75, 3.05) is 26.2 Å². The van der Waals surface area contributed by atoms with Crippen LogP contribution in [-0.4, -0.2) is 48.3 Å². The van der Waals surface area contributed by atoms with Crippen molar-refractivity contribution in [1.82, 2.24) is 10.2 Å². The van der Waals surface area contributed by atoms with Crippen LogP contribution in [0.1, 0.15) is 85.5 Å². The number of nitrogens with zero attached hydrogens (tertiary/aromatic N) is 1. The molecule has 3 nitrogen and oxygen atoms in total. The average molecular weight is 391 g/mol. The third kappa shape index (κ3) is 3.48. The number of fused-ring (bicyclic) bond motifs is 5. The van der Waals surface area contributed by atoms with Crippen molar-refractivity contribution in [3.05, 3.63) is 0 Å². The molecule has 2 N–H and O–H groups in total. The van der Waals surface area contributed by atoms with Crippen LogP contribution >= 0.6 is 0 Å². The summed E-state index contributed by atoms with van der Waals surface area (Å²) in [4.78, 5) is 2.54. The van der Waals surface area contributed by atoms with Gasteiger partial charge in [0.05, 0.1) is 6.10 Å². The minimum absolute atomic E-state index is 0.0191. The van der Waals surface area contributed by atoms with Crippen molar-refractivity contribution >= 4 is 0 Å². The van der Waals surface area contributed by atoms with Gasteiger partial charge < -0.3 is 15.3 Å². The monoisotopic (exact) mass is 390 g/mol. The fourth-order valence-electron chi connectivity index (χ4n) is 8.51. The van der Waals surface area contributed by atoms with Crippen LogP contribution in [0.3, 0.4) is 0 Å². The summed E-state index contributed by atoms with van der Waals surface area (Å²) in [5.41, 5.74) is 1.03. The lowest BCUT2D eigenvalue weighted by atomic mass is 9.45. The van der Waals surface area contributed by atoms with Crippen molar-refractivity contribution < 1.29 is 5.11 Å². The summed E-state index contributed by atoms with van der Waals surface area (Å²) in [5.74, 6) is 3.59. The third-order valence-corrected chi connectivity index (χ3v) is 10.4. The van der Waals surface area contributed by atoms with Crippen LogP contribution in [0.2, 0.25) is 0 Å². The summed E-state index contributed by atoms with van der Waals surface area (Å²) >= 11 is 0. The molecule has 162 valence electrons. The fraction of sp³-hybridized carbons (Fsp3) is 1.00. The Morgan fingerprint density at radius 3 is 2.36 bits per heavy atom. The first-order valence-corrected chi connectivity index (χ1v) is 12.6. The van der Waals surface area contributed by atoms with Gasteiger partial charge in [-0.2, -0.15) is 0 Å². The summed E-state index contributed by atoms with van der Waals surface area (Å²) < 4.78 is 0. The normalized spacial score (nSPS) is 48.2. The Morgan fingerprint density at radius 2 is 1.61 bits per heavy atom. The molecule has 4 fully saturated rings. The van der Waals surface area contributed by atoms with Gasteiger partial charge in [-0.3, -0.25) is 0 Å². The maximum Gasteiger partial charge on any atom is 0.0543 e. The van der Waals surface area contributed by atoms with E-state index >= 15 is 0 Å². The van der Waals surface area contributed by atoms with Crippen LogP contribution < -0.4 is 5.32 Å². The standard InChI is InChI=1S/C25H46N2O/c1-5-27(6-2)16-15-26-23-10-9-21-20-8-7-18-17-19(28)11-13-24(18,3)22(20)12-14-25(21,23)4/h18-23,26,28H,5-17H2,1-4H3/t18-,19-,20-,21-,22-,23-,24-,25-/m0/s1. The zero-order chi connectivity index (χ0) is 19.9. The van der Waals surface area contributed by atoms with Crippen molar-refractivity contribution in [3.8, 4) is 0 Å². The Labute approximate surface area is 174 Å². The molecule has 28 heavy (non-hydrogen) atoms. The number of nitrogens with one attached hydrogen (secondary N) is 1. The molecular weight excluding hydrogens is 344 g/mol. The molecule has 4 saturated carbocycles. The number of rotatable bonds is 6. The minimum Gasteiger partial charge on any atom is -0.393 e. The summed E-state index contributed by atoms with van der Waals surface area (Å²) in [6, 6.07) is 0.729.